The van der Waals surface area contributed by atoms with Gasteiger partial charge in [0, 0.05) is 17.6 Å². The van der Waals surface area contributed by atoms with Gasteiger partial charge < -0.3 is 10.6 Å². The standard InChI is InChI=1S/C19H25F3N6/c20-19(21,22)13-3-6-16(17(11-13)18-25-27-28-26-18)12-1-4-14(5-2-12)24-15-7-9-23-10-8-15/h3,6,11-12,14-15,23-24H,1-2,4-5,7-10H2,(H,25,26,27,28). The zero-order valence-electron chi connectivity index (χ0n) is 15.6. The van der Waals surface area contributed by atoms with Gasteiger partial charge >= 0.3 is 6.18 Å². The van der Waals surface area contributed by atoms with Crippen LogP contribution in [0.1, 0.15) is 55.6 Å². The van der Waals surface area contributed by atoms with Gasteiger partial charge in [0.2, 0.25) is 5.82 Å². The second-order valence-electron chi connectivity index (χ2n) is 7.77. The number of halogens is 3. The maximum absolute atomic E-state index is 13.2. The lowest BCUT2D eigenvalue weighted by atomic mass is 9.79. The van der Waals surface area contributed by atoms with Crippen LogP contribution < -0.4 is 10.6 Å². The number of tetrazole rings is 1. The summed E-state index contributed by atoms with van der Waals surface area (Å²) in [5.74, 6) is 0.429. The quantitative estimate of drug-likeness (QED) is 0.742. The summed E-state index contributed by atoms with van der Waals surface area (Å²) in [4.78, 5) is 0. The monoisotopic (exact) mass is 394 g/mol. The van der Waals surface area contributed by atoms with E-state index in [-0.39, 0.29) is 11.7 Å². The summed E-state index contributed by atoms with van der Waals surface area (Å²) in [6.45, 7) is 2.12. The lowest BCUT2D eigenvalue weighted by Crippen LogP contribution is -2.45. The highest BCUT2D eigenvalue weighted by molar-refractivity contribution is 5.62. The van der Waals surface area contributed by atoms with E-state index in [1.807, 2.05) is 0 Å². The van der Waals surface area contributed by atoms with Gasteiger partial charge in [-0.3, -0.25) is 0 Å². The predicted molar refractivity (Wildman–Crippen MR) is 98.6 cm³/mol. The first-order chi connectivity index (χ1) is 13.5. The number of rotatable bonds is 4. The Labute approximate surface area is 161 Å². The first kappa shape index (κ1) is 19.3. The molecule has 0 spiro atoms. The summed E-state index contributed by atoms with van der Waals surface area (Å²) >= 11 is 0. The number of benzene rings is 1. The number of H-pyrrole nitrogens is 1. The molecule has 0 unspecified atom stereocenters. The summed E-state index contributed by atoms with van der Waals surface area (Å²) in [7, 11) is 0. The molecule has 0 atom stereocenters. The first-order valence-corrected chi connectivity index (χ1v) is 9.92. The second kappa shape index (κ2) is 8.16. The topological polar surface area (TPSA) is 78.5 Å². The molecule has 3 N–H and O–H groups in total. The van der Waals surface area contributed by atoms with Crippen LogP contribution in [0, 0.1) is 0 Å². The number of piperidine rings is 1. The van der Waals surface area contributed by atoms with E-state index in [1.165, 1.54) is 0 Å². The third-order valence-corrected chi connectivity index (χ3v) is 5.94. The van der Waals surface area contributed by atoms with E-state index in [2.05, 4.69) is 31.3 Å². The fourth-order valence-corrected chi connectivity index (χ4v) is 4.45. The molecule has 0 radical (unpaired) electrons. The number of nitrogens with zero attached hydrogens (tertiary/aromatic N) is 3. The van der Waals surface area contributed by atoms with E-state index >= 15 is 0 Å². The summed E-state index contributed by atoms with van der Waals surface area (Å²) in [6, 6.07) is 4.98. The van der Waals surface area contributed by atoms with Gasteiger partial charge in [-0.2, -0.15) is 18.4 Å². The van der Waals surface area contributed by atoms with Crippen molar-refractivity contribution in [2.75, 3.05) is 13.1 Å². The summed E-state index contributed by atoms with van der Waals surface area (Å²) < 4.78 is 39.5. The molecule has 2 aromatic rings. The molecule has 9 heteroatoms. The molecule has 2 fully saturated rings. The van der Waals surface area contributed by atoms with Crippen LogP contribution in [0.4, 0.5) is 13.2 Å². The van der Waals surface area contributed by atoms with Crippen LogP contribution >= 0.6 is 0 Å². The Kier molecular flexibility index (Phi) is 5.63. The van der Waals surface area contributed by atoms with E-state index < -0.39 is 11.7 Å². The maximum Gasteiger partial charge on any atom is 0.416 e. The van der Waals surface area contributed by atoms with Gasteiger partial charge in [0.1, 0.15) is 0 Å². The Morgan fingerprint density at radius 1 is 0.964 bits per heavy atom. The van der Waals surface area contributed by atoms with Crippen molar-refractivity contribution < 1.29 is 13.2 Å². The van der Waals surface area contributed by atoms with Crippen molar-refractivity contribution in [2.24, 2.45) is 0 Å². The molecular weight excluding hydrogens is 369 g/mol. The Balaban J connectivity index is 1.48. The molecule has 2 aliphatic rings. The van der Waals surface area contributed by atoms with Gasteiger partial charge in [0.15, 0.2) is 0 Å². The molecule has 152 valence electrons. The zero-order valence-corrected chi connectivity index (χ0v) is 15.6. The molecule has 2 heterocycles. The van der Waals surface area contributed by atoms with Crippen LogP contribution in [0.25, 0.3) is 11.4 Å². The Morgan fingerprint density at radius 3 is 2.32 bits per heavy atom. The Morgan fingerprint density at radius 2 is 1.68 bits per heavy atom. The van der Waals surface area contributed by atoms with Crippen LogP contribution in [0.15, 0.2) is 18.2 Å². The highest BCUT2D eigenvalue weighted by atomic mass is 19.4. The van der Waals surface area contributed by atoms with Crippen molar-refractivity contribution in [1.29, 1.82) is 0 Å². The van der Waals surface area contributed by atoms with E-state index in [9.17, 15) is 13.2 Å². The van der Waals surface area contributed by atoms with Crippen LogP contribution in [-0.4, -0.2) is 45.8 Å². The molecule has 4 rings (SSSR count). The van der Waals surface area contributed by atoms with Gasteiger partial charge in [-0.25, -0.2) is 0 Å². The maximum atomic E-state index is 13.2. The molecule has 0 bridgehead atoms. The van der Waals surface area contributed by atoms with E-state index in [0.29, 0.717) is 17.6 Å². The minimum absolute atomic E-state index is 0.210. The molecule has 1 aliphatic heterocycles. The SMILES string of the molecule is FC(F)(F)c1ccc(C2CCC(NC3CCNCC3)CC2)c(-c2nn[nH]n2)c1. The van der Waals surface area contributed by atoms with Crippen molar-refractivity contribution in [3.8, 4) is 11.4 Å². The molecule has 1 saturated carbocycles. The molecule has 1 aromatic carbocycles. The van der Waals surface area contributed by atoms with E-state index in [1.54, 1.807) is 6.07 Å². The largest absolute Gasteiger partial charge is 0.416 e. The minimum atomic E-state index is -4.40. The number of aromatic nitrogens is 4. The lowest BCUT2D eigenvalue weighted by Gasteiger charge is -2.34. The van der Waals surface area contributed by atoms with Gasteiger partial charge in [0.05, 0.1) is 5.56 Å². The number of aromatic amines is 1. The average Bonchev–Trinajstić information content (AvgIpc) is 3.23. The van der Waals surface area contributed by atoms with Crippen molar-refractivity contribution in [2.45, 2.75) is 62.7 Å². The summed E-state index contributed by atoms with van der Waals surface area (Å²) in [6.07, 6.45) is 1.86. The smallest absolute Gasteiger partial charge is 0.317 e. The van der Waals surface area contributed by atoms with Crippen LogP contribution in [0.3, 0.4) is 0 Å². The van der Waals surface area contributed by atoms with Crippen molar-refractivity contribution in [1.82, 2.24) is 31.3 Å². The molecule has 0 amide bonds. The van der Waals surface area contributed by atoms with Crippen molar-refractivity contribution in [3.05, 3.63) is 29.3 Å². The first-order valence-electron chi connectivity index (χ1n) is 9.92. The number of hydrogen-bond donors (Lipinski definition) is 3. The molecule has 1 aliphatic carbocycles. The van der Waals surface area contributed by atoms with Crippen LogP contribution in [-0.2, 0) is 6.18 Å². The molecule has 6 nitrogen and oxygen atoms in total. The fourth-order valence-electron chi connectivity index (χ4n) is 4.45. The van der Waals surface area contributed by atoms with E-state index in [0.717, 1.165) is 69.3 Å². The van der Waals surface area contributed by atoms with Gasteiger partial charge in [-0.1, -0.05) is 6.07 Å². The average molecular weight is 394 g/mol. The third kappa shape index (κ3) is 4.35. The second-order valence-corrected chi connectivity index (χ2v) is 7.77. The Bertz CT molecular complexity index is 762. The molecular formula is C19H25F3N6. The zero-order chi connectivity index (χ0) is 19.6. The lowest BCUT2D eigenvalue weighted by molar-refractivity contribution is -0.137. The fraction of sp³-hybridized carbons (Fsp3) is 0.632. The molecule has 1 aromatic heterocycles. The normalized spacial score (nSPS) is 24.4. The van der Waals surface area contributed by atoms with Crippen LogP contribution in [0.5, 0.6) is 0 Å². The Hall–Kier alpha value is -2.00. The van der Waals surface area contributed by atoms with Gasteiger partial charge in [0.25, 0.3) is 0 Å². The van der Waals surface area contributed by atoms with Crippen molar-refractivity contribution in [3.63, 3.8) is 0 Å². The highest BCUT2D eigenvalue weighted by Crippen LogP contribution is 2.40. The van der Waals surface area contributed by atoms with Crippen LogP contribution in [0.2, 0.25) is 0 Å². The van der Waals surface area contributed by atoms with E-state index in [4.69, 9.17) is 0 Å². The van der Waals surface area contributed by atoms with Gasteiger partial charge in [-0.05, 0) is 80.4 Å². The summed E-state index contributed by atoms with van der Waals surface area (Å²) in [5.41, 5.74) is 0.630. The summed E-state index contributed by atoms with van der Waals surface area (Å²) in [5, 5.41) is 20.9. The van der Waals surface area contributed by atoms with Gasteiger partial charge in [-0.15, -0.1) is 10.2 Å². The minimum Gasteiger partial charge on any atom is -0.317 e. The number of hydrogen-bond acceptors (Lipinski definition) is 5. The predicted octanol–water partition coefficient (Wildman–Crippen LogP) is 3.25. The molecule has 1 saturated heterocycles. The van der Waals surface area contributed by atoms with Crippen molar-refractivity contribution >= 4 is 0 Å². The number of nitrogens with one attached hydrogen (secondary N) is 3. The highest BCUT2D eigenvalue weighted by Gasteiger charge is 2.33. The number of alkyl halides is 3. The molecule has 28 heavy (non-hydrogen) atoms. The third-order valence-electron chi connectivity index (χ3n) is 5.94.